The normalized spacial score (nSPS) is 14.6. The maximum atomic E-state index is 6.11. The van der Waals surface area contributed by atoms with Gasteiger partial charge in [0.1, 0.15) is 11.8 Å². The van der Waals surface area contributed by atoms with Crippen LogP contribution < -0.4 is 5.73 Å². The summed E-state index contributed by atoms with van der Waals surface area (Å²) in [4.78, 5) is 4.41. The Morgan fingerprint density at radius 2 is 2.10 bits per heavy atom. The zero-order valence-electron chi connectivity index (χ0n) is 11.5. The summed E-state index contributed by atoms with van der Waals surface area (Å²) in [7, 11) is 0. The van der Waals surface area contributed by atoms with Gasteiger partial charge in [-0.05, 0) is 12.0 Å². The number of nitrogens with two attached hydrogens (primary N) is 1. The van der Waals surface area contributed by atoms with Crippen LogP contribution in [-0.4, -0.2) is 10.1 Å². The largest absolute Gasteiger partial charge is 0.464 e. The monoisotopic (exact) mass is 271 g/mol. The van der Waals surface area contributed by atoms with E-state index in [1.54, 1.807) is 6.26 Å². The minimum absolute atomic E-state index is 0.237. The van der Waals surface area contributed by atoms with E-state index in [-0.39, 0.29) is 6.04 Å². The lowest BCUT2D eigenvalue weighted by molar-refractivity contribution is 0.312. The van der Waals surface area contributed by atoms with Crippen LogP contribution in [0.4, 0.5) is 0 Å². The number of furan rings is 1. The van der Waals surface area contributed by atoms with Crippen molar-refractivity contribution in [2.24, 2.45) is 11.7 Å². The summed E-state index contributed by atoms with van der Waals surface area (Å²) in [5.74, 6) is 1.28. The fourth-order valence-electron chi connectivity index (χ4n) is 2.13. The molecule has 2 N–H and O–H groups in total. The molecule has 0 saturated carbocycles. The number of rotatable bonds is 4. The van der Waals surface area contributed by atoms with Crippen LogP contribution in [0, 0.1) is 5.92 Å². The van der Waals surface area contributed by atoms with E-state index in [1.165, 1.54) is 0 Å². The smallest absolute Gasteiger partial charge is 0.244 e. The van der Waals surface area contributed by atoms with Gasteiger partial charge in [-0.25, -0.2) is 0 Å². The standard InChI is InChI=1S/C15H17N3O2/c1-3-9(2)13(16)15-17-14(18-20-15)11-8-19-12-7-5-4-6-10(11)12/h4-9,13H,3,16H2,1-2H3/t9?,13-/m0/s1. The van der Waals surface area contributed by atoms with Crippen LogP contribution in [0.25, 0.3) is 22.4 Å². The van der Waals surface area contributed by atoms with Crippen molar-refractivity contribution in [1.29, 1.82) is 0 Å². The molecule has 0 aliphatic carbocycles. The molecule has 2 aromatic heterocycles. The molecule has 0 saturated heterocycles. The Morgan fingerprint density at radius 1 is 1.30 bits per heavy atom. The lowest BCUT2D eigenvalue weighted by Gasteiger charge is -2.12. The highest BCUT2D eigenvalue weighted by Crippen LogP contribution is 2.30. The van der Waals surface area contributed by atoms with Crippen molar-refractivity contribution in [1.82, 2.24) is 10.1 Å². The molecule has 104 valence electrons. The van der Waals surface area contributed by atoms with E-state index in [0.29, 0.717) is 17.6 Å². The first kappa shape index (κ1) is 12.9. The van der Waals surface area contributed by atoms with Gasteiger partial charge in [-0.2, -0.15) is 4.98 Å². The van der Waals surface area contributed by atoms with E-state index in [0.717, 1.165) is 23.0 Å². The fourth-order valence-corrected chi connectivity index (χ4v) is 2.13. The second kappa shape index (κ2) is 5.09. The topological polar surface area (TPSA) is 78.1 Å². The van der Waals surface area contributed by atoms with Gasteiger partial charge in [-0.15, -0.1) is 0 Å². The van der Waals surface area contributed by atoms with Gasteiger partial charge in [0, 0.05) is 5.39 Å². The average Bonchev–Trinajstić information content (AvgIpc) is 3.11. The molecular weight excluding hydrogens is 254 g/mol. The van der Waals surface area contributed by atoms with Gasteiger partial charge < -0.3 is 14.7 Å². The third kappa shape index (κ3) is 2.10. The lowest BCUT2D eigenvalue weighted by Crippen LogP contribution is -2.18. The Bertz CT molecular complexity index is 717. The fraction of sp³-hybridized carbons (Fsp3) is 0.333. The number of aromatic nitrogens is 2. The lowest BCUT2D eigenvalue weighted by atomic mass is 10.0. The Hall–Kier alpha value is -2.14. The van der Waals surface area contributed by atoms with Crippen LogP contribution in [-0.2, 0) is 0 Å². The molecule has 0 radical (unpaired) electrons. The van der Waals surface area contributed by atoms with Gasteiger partial charge in [-0.3, -0.25) is 0 Å². The van der Waals surface area contributed by atoms with E-state index in [2.05, 4.69) is 24.0 Å². The maximum absolute atomic E-state index is 6.11. The van der Waals surface area contributed by atoms with Crippen LogP contribution in [0.15, 0.2) is 39.5 Å². The van der Waals surface area contributed by atoms with Crippen LogP contribution in [0.2, 0.25) is 0 Å². The molecule has 5 nitrogen and oxygen atoms in total. The van der Waals surface area contributed by atoms with Crippen LogP contribution in [0.5, 0.6) is 0 Å². The summed E-state index contributed by atoms with van der Waals surface area (Å²) in [6, 6.07) is 7.52. The first-order valence-corrected chi connectivity index (χ1v) is 6.76. The molecule has 3 rings (SSSR count). The number of para-hydroxylation sites is 1. The summed E-state index contributed by atoms with van der Waals surface area (Å²) in [5.41, 5.74) is 7.74. The molecular formula is C15H17N3O2. The van der Waals surface area contributed by atoms with Crippen molar-refractivity contribution in [3.05, 3.63) is 36.4 Å². The predicted molar refractivity (Wildman–Crippen MR) is 75.9 cm³/mol. The van der Waals surface area contributed by atoms with E-state index in [4.69, 9.17) is 14.7 Å². The van der Waals surface area contributed by atoms with Gasteiger partial charge >= 0.3 is 0 Å². The van der Waals surface area contributed by atoms with Crippen LogP contribution >= 0.6 is 0 Å². The minimum atomic E-state index is -0.237. The molecule has 2 heterocycles. The van der Waals surface area contributed by atoms with Crippen molar-refractivity contribution >= 4 is 11.0 Å². The Balaban J connectivity index is 1.98. The molecule has 20 heavy (non-hydrogen) atoms. The Morgan fingerprint density at radius 3 is 2.90 bits per heavy atom. The molecule has 1 unspecified atom stereocenters. The highest BCUT2D eigenvalue weighted by Gasteiger charge is 2.21. The molecule has 0 aliphatic rings. The van der Waals surface area contributed by atoms with Gasteiger partial charge in [0.25, 0.3) is 0 Å². The van der Waals surface area contributed by atoms with E-state index >= 15 is 0 Å². The molecule has 0 bridgehead atoms. The van der Waals surface area contributed by atoms with E-state index < -0.39 is 0 Å². The summed E-state index contributed by atoms with van der Waals surface area (Å²) in [6.45, 7) is 4.16. The third-order valence-electron chi connectivity index (χ3n) is 3.71. The third-order valence-corrected chi connectivity index (χ3v) is 3.71. The Kier molecular flexibility index (Phi) is 3.28. The number of hydrogen-bond donors (Lipinski definition) is 1. The summed E-state index contributed by atoms with van der Waals surface area (Å²) in [5, 5.41) is 4.99. The minimum Gasteiger partial charge on any atom is -0.464 e. The molecule has 0 fully saturated rings. The van der Waals surface area contributed by atoms with Gasteiger partial charge in [0.15, 0.2) is 0 Å². The van der Waals surface area contributed by atoms with E-state index in [1.807, 2.05) is 24.3 Å². The molecule has 0 spiro atoms. The van der Waals surface area contributed by atoms with Crippen LogP contribution in [0.3, 0.4) is 0 Å². The highest BCUT2D eigenvalue weighted by atomic mass is 16.5. The Labute approximate surface area is 116 Å². The molecule has 2 atom stereocenters. The van der Waals surface area contributed by atoms with Crippen LogP contribution in [0.1, 0.15) is 32.2 Å². The first-order chi connectivity index (χ1) is 9.70. The number of nitrogens with zero attached hydrogens (tertiary/aromatic N) is 2. The number of benzene rings is 1. The molecule has 3 aromatic rings. The van der Waals surface area contributed by atoms with Gasteiger partial charge in [0.2, 0.25) is 11.7 Å². The van der Waals surface area contributed by atoms with E-state index in [9.17, 15) is 0 Å². The highest BCUT2D eigenvalue weighted by molar-refractivity contribution is 5.91. The SMILES string of the molecule is CCC(C)[C@H](N)c1nc(-c2coc3ccccc23)no1. The maximum Gasteiger partial charge on any atom is 0.244 e. The zero-order valence-corrected chi connectivity index (χ0v) is 11.5. The van der Waals surface area contributed by atoms with Crippen molar-refractivity contribution in [3.63, 3.8) is 0 Å². The molecule has 0 aliphatic heterocycles. The zero-order chi connectivity index (χ0) is 14.1. The molecule has 1 aromatic carbocycles. The molecule has 0 amide bonds. The van der Waals surface area contributed by atoms with Crippen molar-refractivity contribution < 1.29 is 8.94 Å². The summed E-state index contributed by atoms with van der Waals surface area (Å²) >= 11 is 0. The average molecular weight is 271 g/mol. The second-order valence-electron chi connectivity index (χ2n) is 5.01. The predicted octanol–water partition coefficient (Wildman–Crippen LogP) is 3.53. The number of hydrogen-bond acceptors (Lipinski definition) is 5. The quantitative estimate of drug-likeness (QED) is 0.785. The second-order valence-corrected chi connectivity index (χ2v) is 5.01. The van der Waals surface area contributed by atoms with Crippen molar-refractivity contribution in [2.45, 2.75) is 26.3 Å². The van der Waals surface area contributed by atoms with Gasteiger partial charge in [-0.1, -0.05) is 43.6 Å². The number of fused-ring (bicyclic) bond motifs is 1. The first-order valence-electron chi connectivity index (χ1n) is 6.76. The summed E-state index contributed by atoms with van der Waals surface area (Å²) in [6.07, 6.45) is 2.61. The van der Waals surface area contributed by atoms with Crippen molar-refractivity contribution in [3.8, 4) is 11.4 Å². The molecule has 5 heteroatoms. The summed E-state index contributed by atoms with van der Waals surface area (Å²) < 4.78 is 10.8. The van der Waals surface area contributed by atoms with Gasteiger partial charge in [0.05, 0.1) is 11.6 Å². The van der Waals surface area contributed by atoms with Crippen molar-refractivity contribution in [2.75, 3.05) is 0 Å².